The van der Waals surface area contributed by atoms with Crippen molar-refractivity contribution in [3.63, 3.8) is 0 Å². The van der Waals surface area contributed by atoms with Crippen LogP contribution >= 0.6 is 0 Å². The van der Waals surface area contributed by atoms with Crippen LogP contribution in [0.5, 0.6) is 0 Å². The summed E-state index contributed by atoms with van der Waals surface area (Å²) >= 11 is 0. The second kappa shape index (κ2) is 10.1. The van der Waals surface area contributed by atoms with Gasteiger partial charge in [0.05, 0.1) is 12.1 Å². The summed E-state index contributed by atoms with van der Waals surface area (Å²) < 4.78 is 5.44. The average molecular weight is 327 g/mol. The summed E-state index contributed by atoms with van der Waals surface area (Å²) in [7, 11) is 1.74. The maximum atomic E-state index is 5.44. The third-order valence-corrected chi connectivity index (χ3v) is 4.30. The first kappa shape index (κ1) is 20.2. The molecule has 1 heterocycles. The first-order chi connectivity index (χ1) is 10.9. The minimum Gasteiger partial charge on any atom is -0.377 e. The fourth-order valence-corrected chi connectivity index (χ4v) is 2.92. The summed E-state index contributed by atoms with van der Waals surface area (Å²) in [4.78, 5) is 7.27. The van der Waals surface area contributed by atoms with Crippen molar-refractivity contribution in [3.8, 4) is 0 Å². The SMILES string of the molecule is CCNC(=NCC(C)(C)OC)NCC1CCCN(CC(C)C)C1. The van der Waals surface area contributed by atoms with Crippen LogP contribution in [0, 0.1) is 11.8 Å². The lowest BCUT2D eigenvalue weighted by Gasteiger charge is -2.34. The number of nitrogens with zero attached hydrogens (tertiary/aromatic N) is 2. The van der Waals surface area contributed by atoms with Gasteiger partial charge in [0.25, 0.3) is 0 Å². The van der Waals surface area contributed by atoms with E-state index in [0.29, 0.717) is 12.5 Å². The van der Waals surface area contributed by atoms with Gasteiger partial charge in [0, 0.05) is 33.3 Å². The molecule has 2 N–H and O–H groups in total. The molecule has 1 rings (SSSR count). The van der Waals surface area contributed by atoms with Gasteiger partial charge in [-0.25, -0.2) is 0 Å². The van der Waals surface area contributed by atoms with Crippen molar-refractivity contribution in [2.75, 3.05) is 46.4 Å². The van der Waals surface area contributed by atoms with E-state index in [2.05, 4.69) is 55.1 Å². The highest BCUT2D eigenvalue weighted by molar-refractivity contribution is 5.79. The van der Waals surface area contributed by atoms with E-state index in [1.165, 1.54) is 32.5 Å². The predicted molar refractivity (Wildman–Crippen MR) is 99.1 cm³/mol. The van der Waals surface area contributed by atoms with Crippen LogP contribution < -0.4 is 10.6 Å². The summed E-state index contributed by atoms with van der Waals surface area (Å²) in [5.41, 5.74) is -0.221. The van der Waals surface area contributed by atoms with Crippen molar-refractivity contribution in [1.82, 2.24) is 15.5 Å². The Hall–Kier alpha value is -0.810. The second-order valence-corrected chi connectivity index (χ2v) is 7.70. The maximum Gasteiger partial charge on any atom is 0.191 e. The minimum absolute atomic E-state index is 0.221. The molecule has 5 nitrogen and oxygen atoms in total. The van der Waals surface area contributed by atoms with Gasteiger partial charge in [0.1, 0.15) is 0 Å². The van der Waals surface area contributed by atoms with Crippen molar-refractivity contribution in [2.24, 2.45) is 16.8 Å². The fraction of sp³-hybridized carbons (Fsp3) is 0.944. The summed E-state index contributed by atoms with van der Waals surface area (Å²) in [5, 5.41) is 6.85. The molecule has 0 bridgehead atoms. The minimum atomic E-state index is -0.221. The highest BCUT2D eigenvalue weighted by Crippen LogP contribution is 2.16. The standard InChI is InChI=1S/C18H38N4O/c1-7-19-17(21-14-18(4,5)23-6)20-11-16-9-8-10-22(13-16)12-15(2)3/h15-16H,7-14H2,1-6H3,(H2,19,20,21). The van der Waals surface area contributed by atoms with E-state index in [1.54, 1.807) is 7.11 Å². The molecule has 23 heavy (non-hydrogen) atoms. The zero-order valence-corrected chi connectivity index (χ0v) is 16.1. The zero-order chi connectivity index (χ0) is 17.3. The molecule has 0 amide bonds. The molecule has 136 valence electrons. The molecular weight excluding hydrogens is 288 g/mol. The highest BCUT2D eigenvalue weighted by atomic mass is 16.5. The van der Waals surface area contributed by atoms with Crippen molar-refractivity contribution < 1.29 is 4.74 Å². The van der Waals surface area contributed by atoms with E-state index >= 15 is 0 Å². The van der Waals surface area contributed by atoms with Gasteiger partial charge in [0.2, 0.25) is 0 Å². The largest absolute Gasteiger partial charge is 0.377 e. The van der Waals surface area contributed by atoms with E-state index in [0.717, 1.165) is 25.0 Å². The molecule has 0 aromatic rings. The molecule has 0 spiro atoms. The zero-order valence-electron chi connectivity index (χ0n) is 16.1. The van der Waals surface area contributed by atoms with Gasteiger partial charge in [-0.3, -0.25) is 4.99 Å². The summed E-state index contributed by atoms with van der Waals surface area (Å²) in [6.45, 7) is 17.0. The monoisotopic (exact) mass is 326 g/mol. The normalized spacial score (nSPS) is 20.8. The van der Waals surface area contributed by atoms with Gasteiger partial charge in [0.15, 0.2) is 5.96 Å². The molecule has 0 aliphatic carbocycles. The number of methoxy groups -OCH3 is 1. The van der Waals surface area contributed by atoms with Gasteiger partial charge in [-0.1, -0.05) is 13.8 Å². The molecule has 0 aromatic heterocycles. The van der Waals surface area contributed by atoms with E-state index in [1.807, 2.05) is 0 Å². The van der Waals surface area contributed by atoms with Crippen LogP contribution in [0.25, 0.3) is 0 Å². The third kappa shape index (κ3) is 8.56. The average Bonchev–Trinajstić information content (AvgIpc) is 2.50. The van der Waals surface area contributed by atoms with Crippen molar-refractivity contribution in [1.29, 1.82) is 0 Å². The summed E-state index contributed by atoms with van der Waals surface area (Å²) in [6, 6.07) is 0. The number of ether oxygens (including phenoxy) is 1. The predicted octanol–water partition coefficient (Wildman–Crippen LogP) is 2.33. The quantitative estimate of drug-likeness (QED) is 0.531. The summed E-state index contributed by atoms with van der Waals surface area (Å²) in [6.07, 6.45) is 2.62. The molecule has 0 radical (unpaired) electrons. The van der Waals surface area contributed by atoms with Gasteiger partial charge in [-0.2, -0.15) is 0 Å². The molecule has 1 unspecified atom stereocenters. The molecule has 1 fully saturated rings. The first-order valence-electron chi connectivity index (χ1n) is 9.16. The van der Waals surface area contributed by atoms with E-state index in [-0.39, 0.29) is 5.60 Å². The van der Waals surface area contributed by atoms with Crippen molar-refractivity contribution in [3.05, 3.63) is 0 Å². The van der Waals surface area contributed by atoms with Gasteiger partial charge >= 0.3 is 0 Å². The Kier molecular flexibility index (Phi) is 8.92. The first-order valence-corrected chi connectivity index (χ1v) is 9.16. The Morgan fingerprint density at radius 2 is 2.09 bits per heavy atom. The van der Waals surface area contributed by atoms with Crippen LogP contribution in [-0.4, -0.2) is 62.8 Å². The van der Waals surface area contributed by atoms with Crippen LogP contribution in [0.4, 0.5) is 0 Å². The Morgan fingerprint density at radius 3 is 2.70 bits per heavy atom. The van der Waals surface area contributed by atoms with Gasteiger partial charge in [-0.15, -0.1) is 0 Å². The molecule has 5 heteroatoms. The van der Waals surface area contributed by atoms with E-state index in [9.17, 15) is 0 Å². The maximum absolute atomic E-state index is 5.44. The van der Waals surface area contributed by atoms with Crippen LogP contribution in [0.3, 0.4) is 0 Å². The fourth-order valence-electron chi connectivity index (χ4n) is 2.92. The molecule has 1 saturated heterocycles. The van der Waals surface area contributed by atoms with Crippen LogP contribution in [0.1, 0.15) is 47.5 Å². The van der Waals surface area contributed by atoms with Crippen LogP contribution in [0.15, 0.2) is 4.99 Å². The molecule has 1 aliphatic heterocycles. The number of likely N-dealkylation sites (tertiary alicyclic amines) is 1. The smallest absolute Gasteiger partial charge is 0.191 e. The number of hydrogen-bond acceptors (Lipinski definition) is 3. The van der Waals surface area contributed by atoms with E-state index < -0.39 is 0 Å². The number of piperidine rings is 1. The molecule has 0 saturated carbocycles. The number of hydrogen-bond donors (Lipinski definition) is 2. The Morgan fingerprint density at radius 1 is 1.35 bits per heavy atom. The van der Waals surface area contributed by atoms with Gasteiger partial charge < -0.3 is 20.3 Å². The lowest BCUT2D eigenvalue weighted by molar-refractivity contribution is 0.0310. The van der Waals surface area contributed by atoms with E-state index in [4.69, 9.17) is 4.74 Å². The lowest BCUT2D eigenvalue weighted by Crippen LogP contribution is -2.45. The third-order valence-electron chi connectivity index (χ3n) is 4.30. The topological polar surface area (TPSA) is 48.9 Å². The highest BCUT2D eigenvalue weighted by Gasteiger charge is 2.21. The number of rotatable bonds is 8. The molecule has 1 atom stereocenters. The Labute approximate surface area is 143 Å². The summed E-state index contributed by atoms with van der Waals surface area (Å²) in [5.74, 6) is 2.36. The molecular formula is C18H38N4O. The Bertz CT molecular complexity index is 355. The van der Waals surface area contributed by atoms with Crippen molar-refractivity contribution >= 4 is 5.96 Å². The molecule has 0 aromatic carbocycles. The second-order valence-electron chi connectivity index (χ2n) is 7.70. The van der Waals surface area contributed by atoms with Gasteiger partial charge in [-0.05, 0) is 52.0 Å². The lowest BCUT2D eigenvalue weighted by atomic mass is 9.97. The Balaban J connectivity index is 2.46. The van der Waals surface area contributed by atoms with Crippen LogP contribution in [-0.2, 0) is 4.74 Å². The van der Waals surface area contributed by atoms with Crippen LogP contribution in [0.2, 0.25) is 0 Å². The number of nitrogens with one attached hydrogen (secondary N) is 2. The number of guanidine groups is 1. The molecule has 1 aliphatic rings. The van der Waals surface area contributed by atoms with Crippen molar-refractivity contribution in [2.45, 2.75) is 53.1 Å². The number of aliphatic imine (C=N–C) groups is 1.